The number of carbonyl (C=O) groups excluding carboxylic acids is 2. The van der Waals surface area contributed by atoms with Crippen LogP contribution in [0.5, 0.6) is 5.75 Å². The Bertz CT molecular complexity index is 675. The van der Waals surface area contributed by atoms with Gasteiger partial charge in [-0.15, -0.1) is 0 Å². The van der Waals surface area contributed by atoms with Crippen molar-refractivity contribution < 1.29 is 37.3 Å². The van der Waals surface area contributed by atoms with E-state index in [4.69, 9.17) is 4.74 Å². The van der Waals surface area contributed by atoms with Gasteiger partial charge in [-0.05, 0) is 31.9 Å². The molecule has 6 nitrogen and oxygen atoms in total. The number of aliphatic hydroxyl groups is 1. The van der Waals surface area contributed by atoms with Crippen LogP contribution in [0.3, 0.4) is 0 Å². The minimum absolute atomic E-state index is 0.0202. The highest BCUT2D eigenvalue weighted by molar-refractivity contribution is 5.83. The summed E-state index contributed by atoms with van der Waals surface area (Å²) < 4.78 is 49.6. The summed E-state index contributed by atoms with van der Waals surface area (Å²) in [6.45, 7) is 2.09. The van der Waals surface area contributed by atoms with Crippen LogP contribution >= 0.6 is 0 Å². The lowest BCUT2D eigenvalue weighted by atomic mass is 9.89. The van der Waals surface area contributed by atoms with Gasteiger partial charge in [0.1, 0.15) is 5.75 Å². The van der Waals surface area contributed by atoms with Crippen molar-refractivity contribution in [1.82, 2.24) is 5.32 Å². The van der Waals surface area contributed by atoms with Gasteiger partial charge in [0.05, 0.1) is 19.1 Å². The minimum atomic E-state index is -4.75. The average Bonchev–Trinajstić information content (AvgIpc) is 2.58. The van der Waals surface area contributed by atoms with Crippen molar-refractivity contribution in [3.8, 4) is 5.75 Å². The average molecular weight is 375 g/mol. The fourth-order valence-electron chi connectivity index (χ4n) is 2.62. The number of carbonyl (C=O) groups is 2. The zero-order chi connectivity index (χ0) is 19.5. The molecule has 1 heterocycles. The molecule has 0 saturated carbocycles. The number of fused-ring (bicyclic) bond motifs is 1. The van der Waals surface area contributed by atoms with Crippen LogP contribution in [-0.4, -0.2) is 48.0 Å². The van der Waals surface area contributed by atoms with Gasteiger partial charge in [0.2, 0.25) is 12.0 Å². The largest absolute Gasteiger partial charge is 0.480 e. The van der Waals surface area contributed by atoms with Crippen LogP contribution in [0.2, 0.25) is 0 Å². The zero-order valence-electron chi connectivity index (χ0n) is 14.3. The lowest BCUT2D eigenvalue weighted by Crippen LogP contribution is -2.54. The number of alkyl halides is 3. The molecule has 0 fully saturated rings. The van der Waals surface area contributed by atoms with Gasteiger partial charge in [0.15, 0.2) is 5.60 Å². The van der Waals surface area contributed by atoms with E-state index in [-0.39, 0.29) is 18.8 Å². The van der Waals surface area contributed by atoms with Crippen LogP contribution in [0, 0.1) is 5.92 Å². The van der Waals surface area contributed by atoms with E-state index >= 15 is 0 Å². The SMILES string of the molecule is CCOC(=O)C(C)(O)CNC(=O)[C@@H]1Cc2ccccc2O[C@H]1C(F)(F)F. The molecule has 0 bridgehead atoms. The maximum Gasteiger partial charge on any atom is 0.426 e. The quantitative estimate of drug-likeness (QED) is 0.764. The maximum absolute atomic E-state index is 13.3. The maximum atomic E-state index is 13.3. The van der Waals surface area contributed by atoms with Crippen LogP contribution in [0.25, 0.3) is 0 Å². The Morgan fingerprint density at radius 3 is 2.62 bits per heavy atom. The molecule has 1 unspecified atom stereocenters. The monoisotopic (exact) mass is 375 g/mol. The second-order valence-corrected chi connectivity index (χ2v) is 6.21. The Morgan fingerprint density at radius 1 is 1.35 bits per heavy atom. The number of rotatable bonds is 5. The fraction of sp³-hybridized carbons (Fsp3) is 0.529. The van der Waals surface area contributed by atoms with E-state index in [0.29, 0.717) is 5.56 Å². The first-order chi connectivity index (χ1) is 12.1. The van der Waals surface area contributed by atoms with Gasteiger partial charge in [-0.25, -0.2) is 4.79 Å². The van der Waals surface area contributed by atoms with E-state index in [9.17, 15) is 27.9 Å². The predicted molar refractivity (Wildman–Crippen MR) is 84.4 cm³/mol. The molecule has 0 saturated heterocycles. The Morgan fingerprint density at radius 2 is 2.00 bits per heavy atom. The highest BCUT2D eigenvalue weighted by atomic mass is 19.4. The van der Waals surface area contributed by atoms with E-state index in [0.717, 1.165) is 6.92 Å². The van der Waals surface area contributed by atoms with Crippen LogP contribution in [-0.2, 0) is 20.7 Å². The number of nitrogens with one attached hydrogen (secondary N) is 1. The number of amides is 1. The molecule has 2 N–H and O–H groups in total. The van der Waals surface area contributed by atoms with Gasteiger partial charge in [-0.2, -0.15) is 13.2 Å². The molecule has 2 rings (SSSR count). The van der Waals surface area contributed by atoms with Gasteiger partial charge in [-0.3, -0.25) is 4.79 Å². The molecule has 0 spiro atoms. The fourth-order valence-corrected chi connectivity index (χ4v) is 2.62. The van der Waals surface area contributed by atoms with E-state index in [2.05, 4.69) is 10.1 Å². The van der Waals surface area contributed by atoms with E-state index in [1.54, 1.807) is 18.2 Å². The Kier molecular flexibility index (Phi) is 5.80. The molecule has 0 aliphatic carbocycles. The lowest BCUT2D eigenvalue weighted by molar-refractivity contribution is -0.214. The van der Waals surface area contributed by atoms with Gasteiger partial charge in [-0.1, -0.05) is 18.2 Å². The minimum Gasteiger partial charge on any atom is -0.480 e. The number of hydrogen-bond acceptors (Lipinski definition) is 5. The summed E-state index contributed by atoms with van der Waals surface area (Å²) in [6.07, 6.45) is -7.24. The number of halogens is 3. The summed E-state index contributed by atoms with van der Waals surface area (Å²) >= 11 is 0. The Hall–Kier alpha value is -2.29. The lowest BCUT2D eigenvalue weighted by Gasteiger charge is -2.34. The van der Waals surface area contributed by atoms with Crippen LogP contribution in [0.15, 0.2) is 24.3 Å². The molecule has 144 valence electrons. The number of para-hydroxylation sites is 1. The van der Waals surface area contributed by atoms with Gasteiger partial charge in [0, 0.05) is 0 Å². The molecule has 1 amide bonds. The summed E-state index contributed by atoms with van der Waals surface area (Å²) in [5.74, 6) is -3.40. The van der Waals surface area contributed by atoms with Crippen molar-refractivity contribution >= 4 is 11.9 Å². The zero-order valence-corrected chi connectivity index (χ0v) is 14.3. The summed E-state index contributed by atoms with van der Waals surface area (Å²) in [6, 6.07) is 6.17. The molecule has 26 heavy (non-hydrogen) atoms. The van der Waals surface area contributed by atoms with E-state index in [1.165, 1.54) is 13.0 Å². The summed E-state index contributed by atoms with van der Waals surface area (Å²) in [5, 5.41) is 12.2. The third-order valence-electron chi connectivity index (χ3n) is 4.01. The van der Waals surface area contributed by atoms with Crippen LogP contribution < -0.4 is 10.1 Å². The first kappa shape index (κ1) is 20.0. The van der Waals surface area contributed by atoms with Crippen LogP contribution in [0.1, 0.15) is 19.4 Å². The Labute approximate surface area is 148 Å². The van der Waals surface area contributed by atoms with Crippen molar-refractivity contribution in [2.24, 2.45) is 5.92 Å². The second-order valence-electron chi connectivity index (χ2n) is 6.21. The number of ether oxygens (including phenoxy) is 2. The predicted octanol–water partition coefficient (Wildman–Crippen LogP) is 1.60. The highest BCUT2D eigenvalue weighted by Gasteiger charge is 2.52. The molecular weight excluding hydrogens is 355 g/mol. The third-order valence-corrected chi connectivity index (χ3v) is 4.01. The van der Waals surface area contributed by atoms with Crippen molar-refractivity contribution in [3.63, 3.8) is 0 Å². The number of hydrogen-bond donors (Lipinski definition) is 2. The molecule has 1 aromatic carbocycles. The molecule has 3 atom stereocenters. The molecule has 9 heteroatoms. The Balaban J connectivity index is 2.14. The van der Waals surface area contributed by atoms with Gasteiger partial charge >= 0.3 is 12.1 Å². The summed E-state index contributed by atoms with van der Waals surface area (Å²) in [5.41, 5.74) is -1.57. The third kappa shape index (κ3) is 4.46. The molecule has 0 radical (unpaired) electrons. The molecule has 1 aliphatic rings. The number of esters is 1. The first-order valence-electron chi connectivity index (χ1n) is 8.05. The van der Waals surface area contributed by atoms with Gasteiger partial charge < -0.3 is 19.9 Å². The van der Waals surface area contributed by atoms with E-state index in [1.807, 2.05) is 0 Å². The van der Waals surface area contributed by atoms with Gasteiger partial charge in [0.25, 0.3) is 0 Å². The first-order valence-corrected chi connectivity index (χ1v) is 8.05. The standard InChI is InChI=1S/C17H20F3NO5/c1-3-25-15(23)16(2,24)9-21-14(22)11-8-10-6-4-5-7-12(10)26-13(11)17(18,19)20/h4-7,11,13,24H,3,8-9H2,1-2H3,(H,21,22)/t11-,13-,16?/m1/s1. The highest BCUT2D eigenvalue weighted by Crippen LogP contribution is 2.38. The molecule has 1 aromatic rings. The number of benzene rings is 1. The van der Waals surface area contributed by atoms with Crippen molar-refractivity contribution in [2.45, 2.75) is 38.1 Å². The second kappa shape index (κ2) is 7.53. The summed E-state index contributed by atoms with van der Waals surface area (Å²) in [4.78, 5) is 24.0. The van der Waals surface area contributed by atoms with Crippen molar-refractivity contribution in [1.29, 1.82) is 0 Å². The van der Waals surface area contributed by atoms with E-state index < -0.39 is 42.2 Å². The molecular formula is C17H20F3NO5. The topological polar surface area (TPSA) is 84.9 Å². The normalized spacial score (nSPS) is 21.8. The smallest absolute Gasteiger partial charge is 0.426 e. The molecule has 0 aromatic heterocycles. The summed E-state index contributed by atoms with van der Waals surface area (Å²) in [7, 11) is 0. The van der Waals surface area contributed by atoms with Crippen molar-refractivity contribution in [2.75, 3.05) is 13.2 Å². The van der Waals surface area contributed by atoms with Crippen molar-refractivity contribution in [3.05, 3.63) is 29.8 Å². The molecule has 1 aliphatic heterocycles. The van der Waals surface area contributed by atoms with Crippen LogP contribution in [0.4, 0.5) is 13.2 Å².